The highest BCUT2D eigenvalue weighted by Crippen LogP contribution is 2.23. The van der Waals surface area contributed by atoms with E-state index in [1.807, 2.05) is 6.07 Å². The molecule has 19 heavy (non-hydrogen) atoms. The van der Waals surface area contributed by atoms with Crippen LogP contribution in [-0.4, -0.2) is 11.8 Å². The van der Waals surface area contributed by atoms with E-state index >= 15 is 0 Å². The first kappa shape index (κ1) is 14.1. The summed E-state index contributed by atoms with van der Waals surface area (Å²) in [5.74, 6) is -0.343. The van der Waals surface area contributed by atoms with Crippen molar-refractivity contribution in [2.24, 2.45) is 5.92 Å². The van der Waals surface area contributed by atoms with Crippen LogP contribution in [0.2, 0.25) is 0 Å². The highest BCUT2D eigenvalue weighted by Gasteiger charge is 2.21. The minimum atomic E-state index is -0.301. The average molecular weight is 325 g/mol. The molecule has 0 aromatic heterocycles. The van der Waals surface area contributed by atoms with Crippen molar-refractivity contribution < 1.29 is 9.59 Å². The summed E-state index contributed by atoms with van der Waals surface area (Å²) in [5, 5.41) is 0. The second kappa shape index (κ2) is 6.70. The topological polar surface area (TPSA) is 58.2 Å². The summed E-state index contributed by atoms with van der Waals surface area (Å²) in [4.78, 5) is 23.7. The predicted octanol–water partition coefficient (Wildman–Crippen LogP) is 2.79. The first-order valence-corrected chi connectivity index (χ1v) is 7.32. The van der Waals surface area contributed by atoms with Gasteiger partial charge in [-0.15, -0.1) is 0 Å². The monoisotopic (exact) mass is 324 g/mol. The Hall–Kier alpha value is -1.36. The molecule has 2 N–H and O–H groups in total. The molecule has 1 saturated carbocycles. The zero-order chi connectivity index (χ0) is 13.7. The number of halogens is 1. The lowest BCUT2D eigenvalue weighted by Crippen LogP contribution is -2.44. The van der Waals surface area contributed by atoms with Gasteiger partial charge < -0.3 is 0 Å². The maximum atomic E-state index is 11.9. The lowest BCUT2D eigenvalue weighted by Gasteiger charge is -2.20. The lowest BCUT2D eigenvalue weighted by molar-refractivity contribution is -0.126. The standard InChI is InChI=1S/C14H17BrN2O2/c15-12-8-4-7-11(9-12)14(19)17-16-13(18)10-5-2-1-3-6-10/h4,7-10H,1-3,5-6H2,(H,16,18)(H,17,19). The van der Waals surface area contributed by atoms with Gasteiger partial charge in [0.15, 0.2) is 0 Å². The zero-order valence-electron chi connectivity index (χ0n) is 10.6. The molecule has 1 fully saturated rings. The van der Waals surface area contributed by atoms with Crippen LogP contribution in [0.15, 0.2) is 28.7 Å². The number of hydrazine groups is 1. The first-order valence-electron chi connectivity index (χ1n) is 6.52. The largest absolute Gasteiger partial charge is 0.273 e. The Morgan fingerprint density at radius 2 is 1.84 bits per heavy atom. The summed E-state index contributed by atoms with van der Waals surface area (Å²) < 4.78 is 0.832. The number of rotatable bonds is 2. The van der Waals surface area contributed by atoms with Gasteiger partial charge in [0.05, 0.1) is 0 Å². The summed E-state index contributed by atoms with van der Waals surface area (Å²) in [5.41, 5.74) is 5.49. The third-order valence-corrected chi connectivity index (χ3v) is 3.86. The molecule has 4 nitrogen and oxygen atoms in total. The van der Waals surface area contributed by atoms with Crippen molar-refractivity contribution >= 4 is 27.7 Å². The number of hydrogen-bond acceptors (Lipinski definition) is 2. The van der Waals surface area contributed by atoms with Crippen molar-refractivity contribution in [3.05, 3.63) is 34.3 Å². The van der Waals surface area contributed by atoms with Crippen LogP contribution < -0.4 is 10.9 Å². The molecule has 1 aliphatic carbocycles. The van der Waals surface area contributed by atoms with Gasteiger partial charge in [-0.25, -0.2) is 0 Å². The van der Waals surface area contributed by atoms with Crippen LogP contribution in [0.4, 0.5) is 0 Å². The molecule has 0 unspecified atom stereocenters. The third kappa shape index (κ3) is 4.06. The molecule has 0 atom stereocenters. The normalized spacial score (nSPS) is 15.8. The Kier molecular flexibility index (Phi) is 4.96. The fraction of sp³-hybridized carbons (Fsp3) is 0.429. The predicted molar refractivity (Wildman–Crippen MR) is 76.3 cm³/mol. The smallest absolute Gasteiger partial charge is 0.269 e. The second-order valence-electron chi connectivity index (χ2n) is 4.79. The number of nitrogens with one attached hydrogen (secondary N) is 2. The van der Waals surface area contributed by atoms with Gasteiger partial charge in [-0.05, 0) is 31.0 Å². The third-order valence-electron chi connectivity index (χ3n) is 3.36. The summed E-state index contributed by atoms with van der Waals surface area (Å²) in [7, 11) is 0. The van der Waals surface area contributed by atoms with Gasteiger partial charge in [-0.2, -0.15) is 0 Å². The van der Waals surface area contributed by atoms with Gasteiger partial charge in [0, 0.05) is 16.0 Å². The molecule has 0 bridgehead atoms. The van der Waals surface area contributed by atoms with Gasteiger partial charge in [-0.1, -0.05) is 41.3 Å². The van der Waals surface area contributed by atoms with E-state index in [1.54, 1.807) is 18.2 Å². The van der Waals surface area contributed by atoms with E-state index in [0.717, 1.165) is 30.2 Å². The van der Waals surface area contributed by atoms with Crippen LogP contribution in [0, 0.1) is 5.92 Å². The molecular formula is C14H17BrN2O2. The van der Waals surface area contributed by atoms with Crippen LogP contribution in [0.1, 0.15) is 42.5 Å². The molecule has 0 heterocycles. The van der Waals surface area contributed by atoms with E-state index in [-0.39, 0.29) is 17.7 Å². The fourth-order valence-corrected chi connectivity index (χ4v) is 2.69. The molecule has 0 saturated heterocycles. The molecule has 1 aromatic rings. The minimum absolute atomic E-state index is 0.0385. The quantitative estimate of drug-likeness (QED) is 0.822. The number of carbonyl (C=O) groups excluding carboxylic acids is 2. The van der Waals surface area contributed by atoms with E-state index in [4.69, 9.17) is 0 Å². The summed E-state index contributed by atoms with van der Waals surface area (Å²) in [6, 6.07) is 7.04. The van der Waals surface area contributed by atoms with E-state index in [0.29, 0.717) is 5.56 Å². The molecule has 0 radical (unpaired) electrons. The molecule has 0 aliphatic heterocycles. The Bertz CT molecular complexity index is 470. The van der Waals surface area contributed by atoms with Crippen LogP contribution in [0.5, 0.6) is 0 Å². The second-order valence-corrected chi connectivity index (χ2v) is 5.70. The highest BCUT2D eigenvalue weighted by molar-refractivity contribution is 9.10. The SMILES string of the molecule is O=C(NNC(=O)C1CCCCC1)c1cccc(Br)c1. The van der Waals surface area contributed by atoms with Crippen molar-refractivity contribution in [2.45, 2.75) is 32.1 Å². The molecule has 1 aromatic carbocycles. The summed E-state index contributed by atoms with van der Waals surface area (Å²) in [6.45, 7) is 0. The van der Waals surface area contributed by atoms with Crippen molar-refractivity contribution in [1.82, 2.24) is 10.9 Å². The molecule has 1 aliphatic rings. The minimum Gasteiger partial charge on any atom is -0.273 e. The van der Waals surface area contributed by atoms with Crippen molar-refractivity contribution in [2.75, 3.05) is 0 Å². The molecule has 102 valence electrons. The maximum Gasteiger partial charge on any atom is 0.269 e. The Balaban J connectivity index is 1.84. The number of hydrogen-bond donors (Lipinski definition) is 2. The van der Waals surface area contributed by atoms with Crippen LogP contribution in [0.25, 0.3) is 0 Å². The van der Waals surface area contributed by atoms with E-state index in [9.17, 15) is 9.59 Å². The van der Waals surface area contributed by atoms with Gasteiger partial charge in [0.1, 0.15) is 0 Å². The molecular weight excluding hydrogens is 308 g/mol. The van der Waals surface area contributed by atoms with Gasteiger partial charge in [-0.3, -0.25) is 20.4 Å². The fourth-order valence-electron chi connectivity index (χ4n) is 2.29. The molecule has 5 heteroatoms. The highest BCUT2D eigenvalue weighted by atomic mass is 79.9. The zero-order valence-corrected chi connectivity index (χ0v) is 12.2. The maximum absolute atomic E-state index is 11.9. The van der Waals surface area contributed by atoms with E-state index in [2.05, 4.69) is 26.8 Å². The number of amides is 2. The van der Waals surface area contributed by atoms with Crippen molar-refractivity contribution in [1.29, 1.82) is 0 Å². The molecule has 2 rings (SSSR count). The van der Waals surface area contributed by atoms with Gasteiger partial charge >= 0.3 is 0 Å². The van der Waals surface area contributed by atoms with Gasteiger partial charge in [0.2, 0.25) is 5.91 Å². The Labute approximate surface area is 121 Å². The van der Waals surface area contributed by atoms with E-state index < -0.39 is 0 Å². The van der Waals surface area contributed by atoms with Crippen LogP contribution in [-0.2, 0) is 4.79 Å². The molecule has 0 spiro atoms. The summed E-state index contributed by atoms with van der Waals surface area (Å²) in [6.07, 6.45) is 5.22. The van der Waals surface area contributed by atoms with E-state index in [1.165, 1.54) is 6.42 Å². The number of carbonyl (C=O) groups is 2. The lowest BCUT2D eigenvalue weighted by atomic mass is 9.89. The molecule has 2 amide bonds. The first-order chi connectivity index (χ1) is 9.16. The number of benzene rings is 1. The van der Waals surface area contributed by atoms with Crippen LogP contribution in [0.3, 0.4) is 0 Å². The summed E-state index contributed by atoms with van der Waals surface area (Å²) >= 11 is 3.31. The van der Waals surface area contributed by atoms with Crippen LogP contribution >= 0.6 is 15.9 Å². The van der Waals surface area contributed by atoms with Crippen molar-refractivity contribution in [3.63, 3.8) is 0 Å². The Morgan fingerprint density at radius 1 is 1.11 bits per heavy atom. The Morgan fingerprint density at radius 3 is 2.53 bits per heavy atom. The van der Waals surface area contributed by atoms with Gasteiger partial charge in [0.25, 0.3) is 5.91 Å². The average Bonchev–Trinajstić information content (AvgIpc) is 2.45. The van der Waals surface area contributed by atoms with Crippen molar-refractivity contribution in [3.8, 4) is 0 Å².